The molecule has 0 aromatic carbocycles. The van der Waals surface area contributed by atoms with E-state index in [-0.39, 0.29) is 36.2 Å². The van der Waals surface area contributed by atoms with Crippen molar-refractivity contribution in [3.8, 4) is 0 Å². The lowest BCUT2D eigenvalue weighted by Crippen LogP contribution is -2.50. The van der Waals surface area contributed by atoms with Crippen molar-refractivity contribution in [2.24, 2.45) is 0 Å². The van der Waals surface area contributed by atoms with Crippen LogP contribution in [-0.4, -0.2) is 80.6 Å². The largest absolute Gasteiger partial charge is 0.477 e. The van der Waals surface area contributed by atoms with Crippen molar-refractivity contribution in [3.05, 3.63) is 24.3 Å². The number of carboxylic acid groups (broad SMARTS) is 1. The summed E-state index contributed by atoms with van der Waals surface area (Å²) in [4.78, 5) is 37.2. The van der Waals surface area contributed by atoms with Gasteiger partial charge in [0.1, 0.15) is 6.61 Å². The van der Waals surface area contributed by atoms with Crippen LogP contribution in [0.5, 0.6) is 0 Å². The minimum Gasteiger partial charge on any atom is -0.477 e. The minimum atomic E-state index is -0.873. The lowest BCUT2D eigenvalue weighted by atomic mass is 10.0. The van der Waals surface area contributed by atoms with E-state index in [1.807, 2.05) is 21.1 Å². The van der Waals surface area contributed by atoms with Gasteiger partial charge in [-0.05, 0) is 44.9 Å². The fourth-order valence-corrected chi connectivity index (χ4v) is 7.83. The van der Waals surface area contributed by atoms with Gasteiger partial charge in [-0.1, -0.05) is 205 Å². The van der Waals surface area contributed by atoms with Crippen molar-refractivity contribution >= 4 is 17.9 Å². The molecule has 358 valence electrons. The number of carbonyl (C=O) groups is 3. The van der Waals surface area contributed by atoms with Crippen LogP contribution in [0.15, 0.2) is 24.3 Å². The number of ether oxygens (including phenoxy) is 3. The first-order valence-corrected chi connectivity index (χ1v) is 25.9. The fourth-order valence-electron chi connectivity index (χ4n) is 7.83. The van der Waals surface area contributed by atoms with Crippen LogP contribution in [0.1, 0.15) is 245 Å². The highest BCUT2D eigenvalue weighted by atomic mass is 16.6. The molecule has 0 aromatic rings. The molecule has 0 aliphatic carbocycles. The number of quaternary nitrogens is 1. The van der Waals surface area contributed by atoms with Crippen molar-refractivity contribution in [1.29, 1.82) is 0 Å². The third-order valence-electron chi connectivity index (χ3n) is 11.9. The second-order valence-corrected chi connectivity index (χ2v) is 18.8. The number of esters is 2. The monoisotopic (exact) mass is 863 g/mol. The maximum Gasteiger partial charge on any atom is 0.362 e. The molecule has 0 aliphatic heterocycles. The second kappa shape index (κ2) is 44.4. The molecule has 0 saturated carbocycles. The minimum absolute atomic E-state index is 0.0492. The number of unbranched alkanes of at least 4 members (excludes halogenated alkanes) is 29. The van der Waals surface area contributed by atoms with Gasteiger partial charge in [-0.3, -0.25) is 9.59 Å². The second-order valence-electron chi connectivity index (χ2n) is 18.8. The number of hydrogen-bond donors (Lipinski definition) is 1. The van der Waals surface area contributed by atoms with E-state index < -0.39 is 18.1 Å². The van der Waals surface area contributed by atoms with Crippen LogP contribution in [0.2, 0.25) is 0 Å². The molecule has 1 N–H and O–H groups in total. The van der Waals surface area contributed by atoms with Crippen LogP contribution in [-0.2, 0) is 28.6 Å². The van der Waals surface area contributed by atoms with Gasteiger partial charge in [-0.25, -0.2) is 4.79 Å². The van der Waals surface area contributed by atoms with Gasteiger partial charge in [-0.2, -0.15) is 0 Å². The Morgan fingerprint density at radius 2 is 0.869 bits per heavy atom. The molecule has 0 saturated heterocycles. The van der Waals surface area contributed by atoms with E-state index in [1.165, 1.54) is 161 Å². The Hall–Kier alpha value is -2.19. The first-order valence-electron chi connectivity index (χ1n) is 25.9. The van der Waals surface area contributed by atoms with Crippen LogP contribution in [0, 0.1) is 0 Å². The molecule has 0 aliphatic rings. The van der Waals surface area contributed by atoms with Crippen molar-refractivity contribution < 1.29 is 38.2 Å². The van der Waals surface area contributed by atoms with Gasteiger partial charge in [0.2, 0.25) is 0 Å². The van der Waals surface area contributed by atoms with Gasteiger partial charge >= 0.3 is 17.9 Å². The van der Waals surface area contributed by atoms with Crippen molar-refractivity contribution in [3.63, 3.8) is 0 Å². The highest BCUT2D eigenvalue weighted by molar-refractivity contribution is 5.72. The molecule has 0 fully saturated rings. The first-order chi connectivity index (χ1) is 29.6. The molecule has 0 spiro atoms. The highest BCUT2D eigenvalue weighted by Gasteiger charge is 2.31. The number of allylic oxidation sites excluding steroid dienone is 4. The van der Waals surface area contributed by atoms with Gasteiger partial charge in [0.05, 0.1) is 34.4 Å². The number of carboxylic acids is 1. The molecule has 2 unspecified atom stereocenters. The fraction of sp³-hybridized carbons (Fsp3) is 0.868. The van der Waals surface area contributed by atoms with E-state index in [2.05, 4.69) is 38.2 Å². The molecule has 0 aromatic heterocycles. The maximum atomic E-state index is 12.8. The third kappa shape index (κ3) is 42.9. The zero-order valence-electron chi connectivity index (χ0n) is 40.9. The number of aliphatic carboxylic acids is 1. The van der Waals surface area contributed by atoms with Gasteiger partial charge < -0.3 is 23.8 Å². The quantitative estimate of drug-likeness (QED) is 0.0281. The standard InChI is InChI=1S/C53H99NO7/c1-6-8-10-12-14-16-18-20-22-24-26-28-29-31-33-35-37-39-41-43-51(55)60-48-49(47-59-46-45-50(53(57)58)54(3,4)5)61-52(56)44-42-40-38-36-34-32-30-27-25-23-21-19-17-15-13-11-9-7-2/h17,19,23,25,49-50H,6-16,18,20-22,24,26-48H2,1-5H3/p+1/b19-17-,25-23-. The summed E-state index contributed by atoms with van der Waals surface area (Å²) >= 11 is 0. The van der Waals surface area contributed by atoms with Crippen molar-refractivity contribution in [2.75, 3.05) is 41.0 Å². The summed E-state index contributed by atoms with van der Waals surface area (Å²) < 4.78 is 17.4. The normalized spacial score (nSPS) is 13.0. The Kier molecular flexibility index (Phi) is 42.8. The summed E-state index contributed by atoms with van der Waals surface area (Å²) in [6, 6.07) is -0.614. The van der Waals surface area contributed by atoms with Gasteiger partial charge in [0, 0.05) is 19.3 Å². The first kappa shape index (κ1) is 58.8. The molecule has 2 atom stereocenters. The van der Waals surface area contributed by atoms with E-state index in [4.69, 9.17) is 14.2 Å². The number of carbonyl (C=O) groups excluding carboxylic acids is 2. The summed E-state index contributed by atoms with van der Waals surface area (Å²) in [5, 5.41) is 9.65. The van der Waals surface area contributed by atoms with Gasteiger partial charge in [0.15, 0.2) is 12.1 Å². The average Bonchev–Trinajstić information content (AvgIpc) is 3.22. The van der Waals surface area contributed by atoms with Crippen LogP contribution < -0.4 is 0 Å². The predicted octanol–water partition coefficient (Wildman–Crippen LogP) is 14.8. The Bertz CT molecular complexity index is 1050. The van der Waals surface area contributed by atoms with E-state index >= 15 is 0 Å². The van der Waals surface area contributed by atoms with Crippen molar-refractivity contribution in [2.45, 2.75) is 257 Å². The van der Waals surface area contributed by atoms with Crippen LogP contribution in [0.3, 0.4) is 0 Å². The number of nitrogens with zero attached hydrogens (tertiary/aromatic N) is 1. The highest BCUT2D eigenvalue weighted by Crippen LogP contribution is 2.16. The number of rotatable bonds is 47. The molecule has 8 heteroatoms. The molecule has 61 heavy (non-hydrogen) atoms. The maximum absolute atomic E-state index is 12.8. The molecule has 8 nitrogen and oxygen atoms in total. The zero-order chi connectivity index (χ0) is 44.9. The Morgan fingerprint density at radius 1 is 0.492 bits per heavy atom. The molecular weight excluding hydrogens is 763 g/mol. The average molecular weight is 863 g/mol. The molecule has 0 rings (SSSR count). The lowest BCUT2D eigenvalue weighted by molar-refractivity contribution is -0.887. The van der Waals surface area contributed by atoms with E-state index in [0.29, 0.717) is 19.3 Å². The summed E-state index contributed by atoms with van der Waals surface area (Å²) in [5.74, 6) is -1.46. The summed E-state index contributed by atoms with van der Waals surface area (Å²) in [5.41, 5.74) is 0. The molecule has 0 heterocycles. The molecular formula is C53H100NO7+. The van der Waals surface area contributed by atoms with Gasteiger partial charge in [-0.15, -0.1) is 0 Å². The summed E-state index contributed by atoms with van der Waals surface area (Å²) in [6.07, 6.45) is 50.8. The number of hydrogen-bond acceptors (Lipinski definition) is 6. The van der Waals surface area contributed by atoms with Gasteiger partial charge in [0.25, 0.3) is 0 Å². The smallest absolute Gasteiger partial charge is 0.362 e. The third-order valence-corrected chi connectivity index (χ3v) is 11.9. The van der Waals surface area contributed by atoms with Crippen molar-refractivity contribution in [1.82, 2.24) is 0 Å². The van der Waals surface area contributed by atoms with E-state index in [9.17, 15) is 19.5 Å². The Balaban J connectivity index is 4.23. The molecule has 0 amide bonds. The topological polar surface area (TPSA) is 99.1 Å². The van der Waals surface area contributed by atoms with Crippen LogP contribution >= 0.6 is 0 Å². The molecule has 0 radical (unpaired) electrons. The van der Waals surface area contributed by atoms with E-state index in [0.717, 1.165) is 51.4 Å². The lowest BCUT2D eigenvalue weighted by Gasteiger charge is -2.31. The zero-order valence-corrected chi connectivity index (χ0v) is 40.9. The summed E-state index contributed by atoms with van der Waals surface area (Å²) in [6.45, 7) is 4.75. The Morgan fingerprint density at radius 3 is 1.28 bits per heavy atom. The summed E-state index contributed by atoms with van der Waals surface area (Å²) in [7, 11) is 5.54. The predicted molar refractivity (Wildman–Crippen MR) is 257 cm³/mol. The SMILES string of the molecule is CCCCCC/C=C\C/C=C\CCCCCCCCCC(=O)OC(COCCC(C(=O)O)[N+](C)(C)C)COC(=O)CCCCCCCCCCCCCCCCCCCCC. The Labute approximate surface area is 377 Å². The van der Waals surface area contributed by atoms with Crippen LogP contribution in [0.25, 0.3) is 0 Å². The van der Waals surface area contributed by atoms with Crippen LogP contribution in [0.4, 0.5) is 0 Å². The molecule has 0 bridgehead atoms. The number of likely N-dealkylation sites (N-methyl/N-ethyl adjacent to an activating group) is 1. The van der Waals surface area contributed by atoms with E-state index in [1.54, 1.807) is 0 Å².